The van der Waals surface area contributed by atoms with Gasteiger partial charge in [-0.3, -0.25) is 19.2 Å². The summed E-state index contributed by atoms with van der Waals surface area (Å²) in [6.07, 6.45) is 3.81. The Balaban J connectivity index is 2.18. The van der Waals surface area contributed by atoms with Gasteiger partial charge in [-0.25, -0.2) is 4.98 Å². The monoisotopic (exact) mass is 502 g/mol. The third kappa shape index (κ3) is 8.38. The topological polar surface area (TPSA) is 200 Å². The minimum atomic E-state index is -1.23. The summed E-state index contributed by atoms with van der Waals surface area (Å²) in [6.45, 7) is 4.95. The number of imidazole rings is 1. The molecule has 1 aromatic heterocycles. The first kappa shape index (κ1) is 28.3. The fourth-order valence-electron chi connectivity index (χ4n) is 3.40. The number of aromatic hydroxyl groups is 1. The zero-order valence-electron chi connectivity index (χ0n) is 20.5. The normalized spacial score (nSPS) is 15.1. The van der Waals surface area contributed by atoms with Gasteiger partial charge >= 0.3 is 5.97 Å². The average molecular weight is 503 g/mol. The van der Waals surface area contributed by atoms with Gasteiger partial charge in [0.25, 0.3) is 0 Å². The van der Waals surface area contributed by atoms with Crippen LogP contribution in [0.15, 0.2) is 36.8 Å². The van der Waals surface area contributed by atoms with E-state index in [1.807, 2.05) is 6.92 Å². The molecule has 5 atom stereocenters. The van der Waals surface area contributed by atoms with E-state index in [-0.39, 0.29) is 24.5 Å². The van der Waals surface area contributed by atoms with Crippen LogP contribution in [0, 0.1) is 5.92 Å². The van der Waals surface area contributed by atoms with Crippen LogP contribution in [-0.2, 0) is 32.0 Å². The number of amides is 3. The smallest absolute Gasteiger partial charge is 0.325 e. The van der Waals surface area contributed by atoms with Gasteiger partial charge in [0.1, 0.15) is 23.9 Å². The Hall–Kier alpha value is -3.93. The number of H-pyrrole nitrogens is 1. The van der Waals surface area contributed by atoms with Crippen molar-refractivity contribution in [3.8, 4) is 5.75 Å². The lowest BCUT2D eigenvalue weighted by Gasteiger charge is -2.27. The Morgan fingerprint density at radius 3 is 2.22 bits per heavy atom. The van der Waals surface area contributed by atoms with Crippen LogP contribution >= 0.6 is 0 Å². The number of aromatic nitrogens is 2. The summed E-state index contributed by atoms with van der Waals surface area (Å²) in [5.41, 5.74) is 7.31. The number of rotatable bonds is 13. The molecule has 8 N–H and O–H groups in total. The predicted octanol–water partition coefficient (Wildman–Crippen LogP) is -0.167. The zero-order chi connectivity index (χ0) is 26.8. The molecular weight excluding hydrogens is 468 g/mol. The Labute approximate surface area is 209 Å². The summed E-state index contributed by atoms with van der Waals surface area (Å²) in [6, 6.07) is 1.83. The third-order valence-electron chi connectivity index (χ3n) is 5.86. The Bertz CT molecular complexity index is 1030. The Kier molecular flexibility index (Phi) is 10.4. The van der Waals surface area contributed by atoms with Crippen molar-refractivity contribution < 1.29 is 29.4 Å². The first-order chi connectivity index (χ1) is 17.0. The molecule has 0 aliphatic heterocycles. The molecule has 1 aromatic carbocycles. The third-order valence-corrected chi connectivity index (χ3v) is 5.86. The maximum absolute atomic E-state index is 13.3. The lowest BCUT2D eigenvalue weighted by Crippen LogP contribution is -2.59. The summed E-state index contributed by atoms with van der Waals surface area (Å²) in [4.78, 5) is 56.9. The molecule has 196 valence electrons. The number of nitrogens with zero attached hydrogens (tertiary/aromatic N) is 1. The number of aliphatic carboxylic acids is 1. The van der Waals surface area contributed by atoms with E-state index in [1.165, 1.54) is 25.4 Å². The molecule has 2 rings (SSSR count). The molecule has 1 heterocycles. The molecule has 2 aromatic rings. The first-order valence-corrected chi connectivity index (χ1v) is 11.7. The number of carbonyl (C=O) groups is 4. The van der Waals surface area contributed by atoms with Crippen molar-refractivity contribution in [1.29, 1.82) is 0 Å². The van der Waals surface area contributed by atoms with Crippen molar-refractivity contribution in [1.82, 2.24) is 25.9 Å². The number of hydrogen-bond donors (Lipinski definition) is 7. The van der Waals surface area contributed by atoms with Crippen LogP contribution in [0.4, 0.5) is 0 Å². The maximum atomic E-state index is 13.3. The molecule has 0 saturated heterocycles. The molecule has 3 amide bonds. The molecule has 0 saturated carbocycles. The van der Waals surface area contributed by atoms with Gasteiger partial charge in [-0.1, -0.05) is 32.4 Å². The number of aromatic amines is 1. The summed E-state index contributed by atoms with van der Waals surface area (Å²) in [5, 5.41) is 26.4. The van der Waals surface area contributed by atoms with Gasteiger partial charge < -0.3 is 36.9 Å². The lowest BCUT2D eigenvalue weighted by atomic mass is 9.96. The van der Waals surface area contributed by atoms with Gasteiger partial charge in [0, 0.05) is 24.7 Å². The van der Waals surface area contributed by atoms with Crippen molar-refractivity contribution in [3.63, 3.8) is 0 Å². The highest BCUT2D eigenvalue weighted by molar-refractivity contribution is 5.94. The molecule has 5 unspecified atom stereocenters. The minimum absolute atomic E-state index is 0.0324. The van der Waals surface area contributed by atoms with E-state index in [0.29, 0.717) is 17.7 Å². The highest BCUT2D eigenvalue weighted by Gasteiger charge is 2.32. The zero-order valence-corrected chi connectivity index (χ0v) is 20.5. The van der Waals surface area contributed by atoms with Crippen LogP contribution in [0.25, 0.3) is 0 Å². The van der Waals surface area contributed by atoms with Gasteiger partial charge in [-0.05, 0) is 30.5 Å². The van der Waals surface area contributed by atoms with Crippen molar-refractivity contribution in [3.05, 3.63) is 48.0 Å². The number of phenols is 1. The Morgan fingerprint density at radius 2 is 1.67 bits per heavy atom. The van der Waals surface area contributed by atoms with Crippen molar-refractivity contribution >= 4 is 23.7 Å². The second kappa shape index (κ2) is 13.2. The lowest BCUT2D eigenvalue weighted by molar-refractivity contribution is -0.141. The van der Waals surface area contributed by atoms with Gasteiger partial charge in [-0.2, -0.15) is 0 Å². The highest BCUT2D eigenvalue weighted by atomic mass is 16.4. The number of benzene rings is 1. The van der Waals surface area contributed by atoms with Crippen LogP contribution < -0.4 is 21.7 Å². The Morgan fingerprint density at radius 1 is 1.00 bits per heavy atom. The van der Waals surface area contributed by atoms with Crippen LogP contribution in [0.5, 0.6) is 5.75 Å². The molecule has 0 fully saturated rings. The number of phenolic OH excluding ortho intramolecular Hbond substituents is 1. The van der Waals surface area contributed by atoms with E-state index in [2.05, 4.69) is 25.9 Å². The summed E-state index contributed by atoms with van der Waals surface area (Å²) in [7, 11) is 0. The SMILES string of the molecule is CCC(C)C(NC(=O)C(N)Cc1cnc[nH]1)C(=O)NC(Cc1ccc(O)cc1)C(=O)NC(C)C(=O)O. The first-order valence-electron chi connectivity index (χ1n) is 11.7. The molecule has 12 heteroatoms. The number of carboxylic acids is 1. The minimum Gasteiger partial charge on any atom is -0.508 e. The fraction of sp³-hybridized carbons (Fsp3) is 0.458. The van der Waals surface area contributed by atoms with Gasteiger partial charge in [0.2, 0.25) is 17.7 Å². The van der Waals surface area contributed by atoms with E-state index >= 15 is 0 Å². The van der Waals surface area contributed by atoms with Crippen molar-refractivity contribution in [2.45, 2.75) is 64.2 Å². The fourth-order valence-corrected chi connectivity index (χ4v) is 3.40. The van der Waals surface area contributed by atoms with E-state index in [1.54, 1.807) is 25.3 Å². The predicted molar refractivity (Wildman–Crippen MR) is 131 cm³/mol. The standard InChI is InChI=1S/C24H34N6O6/c1-4-13(2)20(30-21(32)18(25)10-16-11-26-12-27-16)23(34)29-19(22(33)28-14(3)24(35)36)9-15-5-7-17(31)8-6-15/h5-8,11-14,18-20,31H,4,9-10,25H2,1-3H3,(H,26,27)(H,28,33)(H,29,34)(H,30,32)(H,35,36). The number of carboxylic acid groups (broad SMARTS) is 1. The summed E-state index contributed by atoms with van der Waals surface area (Å²) >= 11 is 0. The van der Waals surface area contributed by atoms with Crippen LogP contribution in [0.1, 0.15) is 38.4 Å². The molecule has 0 radical (unpaired) electrons. The second-order valence-corrected chi connectivity index (χ2v) is 8.76. The van der Waals surface area contributed by atoms with Crippen molar-refractivity contribution in [2.75, 3.05) is 0 Å². The number of nitrogens with two attached hydrogens (primary N) is 1. The van der Waals surface area contributed by atoms with Crippen LogP contribution in [0.2, 0.25) is 0 Å². The molecule has 0 spiro atoms. The number of hydrogen-bond acceptors (Lipinski definition) is 7. The molecule has 36 heavy (non-hydrogen) atoms. The maximum Gasteiger partial charge on any atom is 0.325 e. The quantitative estimate of drug-likeness (QED) is 0.196. The van der Waals surface area contributed by atoms with Gasteiger partial charge in [0.05, 0.1) is 12.4 Å². The summed E-state index contributed by atoms with van der Waals surface area (Å²) < 4.78 is 0. The second-order valence-electron chi connectivity index (χ2n) is 8.76. The van der Waals surface area contributed by atoms with Crippen molar-refractivity contribution in [2.24, 2.45) is 11.7 Å². The average Bonchev–Trinajstić information content (AvgIpc) is 3.35. The molecule has 0 aliphatic carbocycles. The van der Waals surface area contributed by atoms with E-state index in [0.717, 1.165) is 0 Å². The van der Waals surface area contributed by atoms with Crippen LogP contribution in [-0.4, -0.2) is 68.0 Å². The number of carbonyl (C=O) groups excluding carboxylic acids is 3. The largest absolute Gasteiger partial charge is 0.508 e. The summed E-state index contributed by atoms with van der Waals surface area (Å²) in [5.74, 6) is -3.32. The number of nitrogens with one attached hydrogen (secondary N) is 4. The van der Waals surface area contributed by atoms with Gasteiger partial charge in [-0.15, -0.1) is 0 Å². The van der Waals surface area contributed by atoms with Crippen LogP contribution in [0.3, 0.4) is 0 Å². The molecular formula is C24H34N6O6. The molecule has 12 nitrogen and oxygen atoms in total. The molecule has 0 bridgehead atoms. The highest BCUT2D eigenvalue weighted by Crippen LogP contribution is 2.13. The van der Waals surface area contributed by atoms with Gasteiger partial charge in [0.15, 0.2) is 0 Å². The van der Waals surface area contributed by atoms with E-state index in [9.17, 15) is 24.3 Å². The molecule has 0 aliphatic rings. The van der Waals surface area contributed by atoms with E-state index in [4.69, 9.17) is 10.8 Å². The van der Waals surface area contributed by atoms with E-state index < -0.39 is 47.9 Å².